The molecule has 0 aliphatic carbocycles. The summed E-state index contributed by atoms with van der Waals surface area (Å²) < 4.78 is 26.8. The highest BCUT2D eigenvalue weighted by Crippen LogP contribution is 2.31. The first-order chi connectivity index (χ1) is 9.96. The first-order valence-electron chi connectivity index (χ1n) is 6.34. The fourth-order valence-electron chi connectivity index (χ4n) is 2.34. The largest absolute Gasteiger partial charge is 0.481 e. The first-order valence-corrected chi connectivity index (χ1v) is 8.60. The van der Waals surface area contributed by atoms with Gasteiger partial charge in [-0.1, -0.05) is 24.3 Å². The van der Waals surface area contributed by atoms with E-state index in [1.807, 2.05) is 24.3 Å². The predicted octanol–water partition coefficient (Wildman–Crippen LogP) is 2.08. The van der Waals surface area contributed by atoms with Crippen LogP contribution in [0.2, 0.25) is 0 Å². The third kappa shape index (κ3) is 2.72. The second-order valence-corrected chi connectivity index (χ2v) is 8.17. The van der Waals surface area contributed by atoms with E-state index in [1.165, 1.54) is 10.4 Å². The Kier molecular flexibility index (Phi) is 3.56. The molecule has 1 aliphatic heterocycles. The molecule has 1 aromatic heterocycles. The smallest absolute Gasteiger partial charge is 0.308 e. The van der Waals surface area contributed by atoms with Crippen LogP contribution in [0.25, 0.3) is 0 Å². The van der Waals surface area contributed by atoms with Gasteiger partial charge in [-0.25, -0.2) is 8.42 Å². The molecule has 3 rings (SSSR count). The van der Waals surface area contributed by atoms with E-state index in [9.17, 15) is 13.2 Å². The number of sulfonamides is 1. The molecule has 2 aromatic rings. The SMILES string of the molecule is O=C(O)Cc1ccc(S(=O)(=O)N2Cc3ccccc3C2)s1. The minimum absolute atomic E-state index is 0.152. The van der Waals surface area contributed by atoms with Crippen molar-refractivity contribution >= 4 is 27.3 Å². The second-order valence-electron chi connectivity index (χ2n) is 4.83. The van der Waals surface area contributed by atoms with Crippen LogP contribution in [0.1, 0.15) is 16.0 Å². The highest BCUT2D eigenvalue weighted by molar-refractivity contribution is 7.91. The number of thiophene rings is 1. The molecule has 1 N–H and O–H groups in total. The molecule has 0 spiro atoms. The van der Waals surface area contributed by atoms with Crippen LogP contribution in [-0.4, -0.2) is 23.8 Å². The maximum atomic E-state index is 12.6. The zero-order chi connectivity index (χ0) is 15.0. The second kappa shape index (κ2) is 5.25. The van der Waals surface area contributed by atoms with Crippen molar-refractivity contribution < 1.29 is 18.3 Å². The molecule has 21 heavy (non-hydrogen) atoms. The van der Waals surface area contributed by atoms with Gasteiger partial charge in [0.1, 0.15) is 4.21 Å². The highest BCUT2D eigenvalue weighted by Gasteiger charge is 2.31. The molecular weight excluding hydrogens is 310 g/mol. The fourth-order valence-corrected chi connectivity index (χ4v) is 5.24. The molecule has 0 saturated heterocycles. The molecule has 1 aliphatic rings. The summed E-state index contributed by atoms with van der Waals surface area (Å²) >= 11 is 1.02. The van der Waals surface area contributed by atoms with Gasteiger partial charge in [-0.3, -0.25) is 4.79 Å². The van der Waals surface area contributed by atoms with E-state index in [0.29, 0.717) is 18.0 Å². The van der Waals surface area contributed by atoms with Gasteiger partial charge in [-0.05, 0) is 23.3 Å². The quantitative estimate of drug-likeness (QED) is 0.935. The zero-order valence-corrected chi connectivity index (χ0v) is 12.7. The standard InChI is InChI=1S/C14H13NO4S2/c16-13(17)7-12-5-6-14(20-12)21(18,19)15-8-10-3-1-2-4-11(10)9-15/h1-6H,7-9H2,(H,16,17). The van der Waals surface area contributed by atoms with E-state index < -0.39 is 16.0 Å². The Bertz CT molecular complexity index is 770. The van der Waals surface area contributed by atoms with Crippen molar-refractivity contribution in [3.63, 3.8) is 0 Å². The van der Waals surface area contributed by atoms with Crippen LogP contribution in [0.3, 0.4) is 0 Å². The van der Waals surface area contributed by atoms with Crippen LogP contribution in [0.15, 0.2) is 40.6 Å². The van der Waals surface area contributed by atoms with Crippen LogP contribution < -0.4 is 0 Å². The third-order valence-electron chi connectivity index (χ3n) is 3.37. The summed E-state index contributed by atoms with van der Waals surface area (Å²) in [5, 5.41) is 8.76. The maximum Gasteiger partial charge on any atom is 0.308 e. The average molecular weight is 323 g/mol. The number of benzene rings is 1. The van der Waals surface area contributed by atoms with Gasteiger partial charge in [0.2, 0.25) is 0 Å². The first kappa shape index (κ1) is 14.2. The molecule has 1 aromatic carbocycles. The Hall–Kier alpha value is -1.70. The lowest BCUT2D eigenvalue weighted by Crippen LogP contribution is -2.24. The molecule has 0 fully saturated rings. The minimum atomic E-state index is -3.56. The van der Waals surface area contributed by atoms with Crippen LogP contribution in [0, 0.1) is 0 Å². The van der Waals surface area contributed by atoms with E-state index in [1.54, 1.807) is 6.07 Å². The van der Waals surface area contributed by atoms with Gasteiger partial charge in [0.05, 0.1) is 6.42 Å². The third-order valence-corrected chi connectivity index (χ3v) is 6.71. The number of hydrogen-bond donors (Lipinski definition) is 1. The van der Waals surface area contributed by atoms with Crippen LogP contribution in [-0.2, 0) is 34.3 Å². The number of hydrogen-bond acceptors (Lipinski definition) is 4. The van der Waals surface area contributed by atoms with Crippen molar-refractivity contribution in [3.05, 3.63) is 52.4 Å². The Labute approximate surface area is 126 Å². The number of carboxylic acids is 1. The van der Waals surface area contributed by atoms with Gasteiger partial charge in [0, 0.05) is 18.0 Å². The average Bonchev–Trinajstić information content (AvgIpc) is 3.04. The van der Waals surface area contributed by atoms with Gasteiger partial charge in [-0.15, -0.1) is 11.3 Å². The van der Waals surface area contributed by atoms with Crippen molar-refractivity contribution in [2.24, 2.45) is 0 Å². The highest BCUT2D eigenvalue weighted by atomic mass is 32.2. The van der Waals surface area contributed by atoms with E-state index in [4.69, 9.17) is 5.11 Å². The molecule has 0 atom stereocenters. The van der Waals surface area contributed by atoms with E-state index >= 15 is 0 Å². The molecular formula is C14H13NO4S2. The predicted molar refractivity (Wildman–Crippen MR) is 78.5 cm³/mol. The van der Waals surface area contributed by atoms with Crippen molar-refractivity contribution in [3.8, 4) is 0 Å². The Morgan fingerprint density at radius 1 is 1.14 bits per heavy atom. The molecule has 0 bridgehead atoms. The number of carbonyl (C=O) groups is 1. The summed E-state index contributed by atoms with van der Waals surface area (Å²) in [4.78, 5) is 11.2. The van der Waals surface area contributed by atoms with Crippen LogP contribution >= 0.6 is 11.3 Å². The van der Waals surface area contributed by atoms with Crippen molar-refractivity contribution in [2.45, 2.75) is 23.7 Å². The van der Waals surface area contributed by atoms with E-state index in [2.05, 4.69) is 0 Å². The summed E-state index contributed by atoms with van der Waals surface area (Å²) in [7, 11) is -3.56. The summed E-state index contributed by atoms with van der Waals surface area (Å²) in [5.41, 5.74) is 2.03. The molecule has 0 amide bonds. The van der Waals surface area contributed by atoms with Crippen molar-refractivity contribution in [1.29, 1.82) is 0 Å². The molecule has 0 unspecified atom stereocenters. The zero-order valence-electron chi connectivity index (χ0n) is 11.0. The number of rotatable bonds is 4. The summed E-state index contributed by atoms with van der Waals surface area (Å²) in [6.07, 6.45) is -0.152. The molecule has 110 valence electrons. The van der Waals surface area contributed by atoms with Gasteiger partial charge < -0.3 is 5.11 Å². The van der Waals surface area contributed by atoms with E-state index in [0.717, 1.165) is 22.5 Å². The Morgan fingerprint density at radius 3 is 2.33 bits per heavy atom. The summed E-state index contributed by atoms with van der Waals surface area (Å²) in [5.74, 6) is -0.964. The normalized spacial score (nSPS) is 15.0. The minimum Gasteiger partial charge on any atom is -0.481 e. The summed E-state index contributed by atoms with van der Waals surface area (Å²) in [6.45, 7) is 0.731. The molecule has 0 radical (unpaired) electrons. The topological polar surface area (TPSA) is 74.7 Å². The van der Waals surface area contributed by atoms with Crippen molar-refractivity contribution in [1.82, 2.24) is 4.31 Å². The van der Waals surface area contributed by atoms with Gasteiger partial charge >= 0.3 is 5.97 Å². The van der Waals surface area contributed by atoms with Gasteiger partial charge in [0.25, 0.3) is 10.0 Å². The van der Waals surface area contributed by atoms with Crippen molar-refractivity contribution in [2.75, 3.05) is 0 Å². The lowest BCUT2D eigenvalue weighted by atomic mass is 10.1. The van der Waals surface area contributed by atoms with Crippen LogP contribution in [0.4, 0.5) is 0 Å². The molecule has 0 saturated carbocycles. The molecule has 2 heterocycles. The number of fused-ring (bicyclic) bond motifs is 1. The Morgan fingerprint density at radius 2 is 1.76 bits per heavy atom. The molecule has 7 heteroatoms. The van der Waals surface area contributed by atoms with Gasteiger partial charge in [-0.2, -0.15) is 4.31 Å². The lowest BCUT2D eigenvalue weighted by Gasteiger charge is -2.13. The maximum absolute atomic E-state index is 12.6. The number of carboxylic acid groups (broad SMARTS) is 1. The number of aliphatic carboxylic acids is 1. The van der Waals surface area contributed by atoms with Gasteiger partial charge in [0.15, 0.2) is 0 Å². The lowest BCUT2D eigenvalue weighted by molar-refractivity contribution is -0.136. The fraction of sp³-hybridized carbons (Fsp3) is 0.214. The number of nitrogens with zero attached hydrogens (tertiary/aromatic N) is 1. The van der Waals surface area contributed by atoms with Crippen LogP contribution in [0.5, 0.6) is 0 Å². The monoisotopic (exact) mass is 323 g/mol. The molecule has 5 nitrogen and oxygen atoms in total. The van der Waals surface area contributed by atoms with E-state index in [-0.39, 0.29) is 10.6 Å². The summed E-state index contributed by atoms with van der Waals surface area (Å²) in [6, 6.07) is 10.7. The Balaban J connectivity index is 1.85.